The van der Waals surface area contributed by atoms with E-state index in [9.17, 15) is 9.90 Å². The fraction of sp³-hybridized carbons (Fsp3) is 0.111. The van der Waals surface area contributed by atoms with Crippen LogP contribution < -0.4 is 10.4 Å². The van der Waals surface area contributed by atoms with Crippen LogP contribution in [0.4, 0.5) is 5.88 Å². The number of nitrogens with zero attached hydrogens (tertiary/aromatic N) is 1. The number of carboxylic acid groups (broad SMARTS) is 1. The Hall–Kier alpha value is -2.79. The first-order chi connectivity index (χ1) is 11.6. The van der Waals surface area contributed by atoms with Crippen molar-refractivity contribution in [2.24, 2.45) is 0 Å². The van der Waals surface area contributed by atoms with E-state index in [1.807, 2.05) is 42.5 Å². The third-order valence-corrected chi connectivity index (χ3v) is 3.79. The molecule has 2 aromatic carbocycles. The van der Waals surface area contributed by atoms with Gasteiger partial charge in [-0.25, -0.2) is 0 Å². The normalized spacial score (nSPS) is 11.9. The summed E-state index contributed by atoms with van der Waals surface area (Å²) in [4.78, 5) is 11.4. The van der Waals surface area contributed by atoms with Gasteiger partial charge in [-0.05, 0) is 24.1 Å². The average Bonchev–Trinajstić information content (AvgIpc) is 3.04. The molecule has 0 radical (unpaired) electrons. The predicted octanol–water partition coefficient (Wildman–Crippen LogP) is 2.77. The molecule has 1 atom stereocenters. The van der Waals surface area contributed by atoms with Crippen molar-refractivity contribution in [2.45, 2.75) is 12.5 Å². The van der Waals surface area contributed by atoms with E-state index in [4.69, 9.17) is 16.1 Å². The minimum Gasteiger partial charge on any atom is -0.548 e. The van der Waals surface area contributed by atoms with Gasteiger partial charge in [0.05, 0.1) is 12.0 Å². The Morgan fingerprint density at radius 3 is 2.54 bits per heavy atom. The smallest absolute Gasteiger partial charge is 0.225 e. The van der Waals surface area contributed by atoms with Gasteiger partial charge >= 0.3 is 0 Å². The SMILES string of the molecule is O=C([O-])[C@@H](Cc1ccccc1)Nc1cc(-c2ccc(Cl)cc2)no1. The first-order valence-electron chi connectivity index (χ1n) is 7.36. The lowest BCUT2D eigenvalue weighted by Gasteiger charge is -2.18. The molecule has 0 aliphatic heterocycles. The number of hydrogen-bond donors (Lipinski definition) is 1. The molecule has 0 amide bonds. The van der Waals surface area contributed by atoms with Crippen LogP contribution in [0.1, 0.15) is 5.56 Å². The highest BCUT2D eigenvalue weighted by atomic mass is 35.5. The summed E-state index contributed by atoms with van der Waals surface area (Å²) in [5, 5.41) is 18.8. The molecular weight excluding hydrogens is 328 g/mol. The highest BCUT2D eigenvalue weighted by molar-refractivity contribution is 6.30. The molecule has 0 spiro atoms. The minimum atomic E-state index is -1.21. The van der Waals surface area contributed by atoms with E-state index in [0.29, 0.717) is 10.7 Å². The van der Waals surface area contributed by atoms with Crippen LogP contribution >= 0.6 is 11.6 Å². The van der Waals surface area contributed by atoms with Crippen LogP contribution in [0.5, 0.6) is 0 Å². The van der Waals surface area contributed by atoms with Gasteiger partial charge in [-0.1, -0.05) is 59.2 Å². The van der Waals surface area contributed by atoms with Crippen LogP contribution in [0.15, 0.2) is 65.2 Å². The van der Waals surface area contributed by atoms with Gasteiger partial charge in [0.2, 0.25) is 5.88 Å². The highest BCUT2D eigenvalue weighted by Gasteiger charge is 2.14. The summed E-state index contributed by atoms with van der Waals surface area (Å²) in [7, 11) is 0. The Balaban J connectivity index is 1.74. The molecule has 0 aliphatic rings. The van der Waals surface area contributed by atoms with E-state index in [-0.39, 0.29) is 12.3 Å². The molecule has 3 rings (SSSR count). The van der Waals surface area contributed by atoms with Crippen molar-refractivity contribution in [3.63, 3.8) is 0 Å². The lowest BCUT2D eigenvalue weighted by atomic mass is 10.1. The van der Waals surface area contributed by atoms with Gasteiger partial charge in [0.15, 0.2) is 0 Å². The molecule has 1 N–H and O–H groups in total. The molecule has 0 fully saturated rings. The zero-order valence-electron chi connectivity index (χ0n) is 12.6. The first-order valence-corrected chi connectivity index (χ1v) is 7.73. The number of rotatable bonds is 6. The maximum atomic E-state index is 11.4. The quantitative estimate of drug-likeness (QED) is 0.746. The van der Waals surface area contributed by atoms with Crippen molar-refractivity contribution in [3.05, 3.63) is 71.2 Å². The Morgan fingerprint density at radius 1 is 1.17 bits per heavy atom. The molecule has 0 saturated carbocycles. The minimum absolute atomic E-state index is 0.269. The van der Waals surface area contributed by atoms with E-state index < -0.39 is 12.0 Å². The second kappa shape index (κ2) is 7.19. The number of carbonyl (C=O) groups excluding carboxylic acids is 1. The van der Waals surface area contributed by atoms with Crippen molar-refractivity contribution >= 4 is 23.5 Å². The Morgan fingerprint density at radius 2 is 1.88 bits per heavy atom. The van der Waals surface area contributed by atoms with Crippen LogP contribution in [0.25, 0.3) is 11.3 Å². The van der Waals surface area contributed by atoms with Crippen LogP contribution in [0, 0.1) is 0 Å². The zero-order valence-corrected chi connectivity index (χ0v) is 13.4. The summed E-state index contributed by atoms with van der Waals surface area (Å²) in [6.45, 7) is 0. The maximum absolute atomic E-state index is 11.4. The third kappa shape index (κ3) is 3.94. The van der Waals surface area contributed by atoms with E-state index in [2.05, 4.69) is 10.5 Å². The van der Waals surface area contributed by atoms with Gasteiger partial charge in [-0.3, -0.25) is 0 Å². The van der Waals surface area contributed by atoms with Crippen LogP contribution in [0.2, 0.25) is 5.02 Å². The summed E-state index contributed by atoms with van der Waals surface area (Å²) in [5.74, 6) is -0.937. The van der Waals surface area contributed by atoms with Crippen LogP contribution in [-0.4, -0.2) is 17.2 Å². The fourth-order valence-corrected chi connectivity index (χ4v) is 2.44. The number of aromatic nitrogens is 1. The number of benzene rings is 2. The van der Waals surface area contributed by atoms with Crippen molar-refractivity contribution < 1.29 is 14.4 Å². The molecule has 24 heavy (non-hydrogen) atoms. The van der Waals surface area contributed by atoms with Gasteiger partial charge < -0.3 is 19.7 Å². The Kier molecular flexibility index (Phi) is 4.82. The number of aliphatic carboxylic acids is 1. The molecule has 0 bridgehead atoms. The number of anilines is 1. The van der Waals surface area contributed by atoms with Crippen LogP contribution in [-0.2, 0) is 11.2 Å². The molecule has 122 valence electrons. The molecule has 1 heterocycles. The second-order valence-electron chi connectivity index (χ2n) is 5.29. The standard InChI is InChI=1S/C18H15ClN2O3/c19-14-8-6-13(7-9-14)15-11-17(24-21-15)20-16(18(22)23)10-12-4-2-1-3-5-12/h1-9,11,16,20H,10H2,(H,22,23)/p-1/t16-/m1/s1. The van der Waals surface area contributed by atoms with Gasteiger partial charge in [-0.2, -0.15) is 0 Å². The van der Waals surface area contributed by atoms with Crippen LogP contribution in [0.3, 0.4) is 0 Å². The summed E-state index contributed by atoms with van der Waals surface area (Å²) < 4.78 is 5.18. The summed E-state index contributed by atoms with van der Waals surface area (Å²) in [5.41, 5.74) is 2.30. The first kappa shape index (κ1) is 16.1. The number of carboxylic acids is 1. The number of hydrogen-bond acceptors (Lipinski definition) is 5. The largest absolute Gasteiger partial charge is 0.548 e. The summed E-state index contributed by atoms with van der Waals surface area (Å²) in [6.07, 6.45) is 0.278. The predicted molar refractivity (Wildman–Crippen MR) is 89.5 cm³/mol. The van der Waals surface area contributed by atoms with Gasteiger partial charge in [0.25, 0.3) is 0 Å². The maximum Gasteiger partial charge on any atom is 0.225 e. The lowest BCUT2D eigenvalue weighted by molar-refractivity contribution is -0.306. The Labute approximate surface area is 143 Å². The van der Waals surface area contributed by atoms with Gasteiger partial charge in [-0.15, -0.1) is 0 Å². The topological polar surface area (TPSA) is 78.2 Å². The van der Waals surface area contributed by atoms with Crippen molar-refractivity contribution in [1.82, 2.24) is 5.16 Å². The zero-order chi connectivity index (χ0) is 16.9. The van der Waals surface area contributed by atoms with Crippen molar-refractivity contribution in [1.29, 1.82) is 0 Å². The molecule has 6 heteroatoms. The average molecular weight is 342 g/mol. The second-order valence-corrected chi connectivity index (χ2v) is 5.73. The van der Waals surface area contributed by atoms with E-state index in [1.165, 1.54) is 0 Å². The summed E-state index contributed by atoms with van der Waals surface area (Å²) in [6, 6.07) is 17.1. The van der Waals surface area contributed by atoms with Gasteiger partial charge in [0.1, 0.15) is 5.69 Å². The lowest BCUT2D eigenvalue weighted by Crippen LogP contribution is -2.42. The molecule has 5 nitrogen and oxygen atoms in total. The third-order valence-electron chi connectivity index (χ3n) is 3.53. The fourth-order valence-electron chi connectivity index (χ4n) is 2.31. The number of halogens is 1. The molecule has 0 saturated heterocycles. The van der Waals surface area contributed by atoms with E-state index in [0.717, 1.165) is 11.1 Å². The van der Waals surface area contributed by atoms with Crippen molar-refractivity contribution in [3.8, 4) is 11.3 Å². The monoisotopic (exact) mass is 341 g/mol. The molecule has 0 unspecified atom stereocenters. The molecule has 1 aromatic heterocycles. The van der Waals surface area contributed by atoms with E-state index in [1.54, 1.807) is 18.2 Å². The van der Waals surface area contributed by atoms with E-state index >= 15 is 0 Å². The molecular formula is C18H14ClN2O3-. The number of carbonyl (C=O) groups is 1. The molecule has 0 aliphatic carbocycles. The summed E-state index contributed by atoms with van der Waals surface area (Å²) >= 11 is 5.86. The molecule has 3 aromatic rings. The Bertz CT molecular complexity index is 816. The number of nitrogens with one attached hydrogen (secondary N) is 1. The highest BCUT2D eigenvalue weighted by Crippen LogP contribution is 2.24. The van der Waals surface area contributed by atoms with Crippen molar-refractivity contribution in [2.75, 3.05) is 5.32 Å². The van der Waals surface area contributed by atoms with Gasteiger partial charge in [0, 0.05) is 16.7 Å².